The third kappa shape index (κ3) is 5.84. The van der Waals surface area contributed by atoms with E-state index in [-0.39, 0.29) is 0 Å². The highest BCUT2D eigenvalue weighted by Crippen LogP contribution is 2.27. The van der Waals surface area contributed by atoms with Gasteiger partial charge in [0.1, 0.15) is 5.75 Å². The fraction of sp³-hybridized carbons (Fsp3) is 0.389. The minimum Gasteiger partial charge on any atom is -0.481 e. The Labute approximate surface area is 153 Å². The van der Waals surface area contributed by atoms with Crippen LogP contribution in [0, 0.1) is 25.7 Å². The van der Waals surface area contributed by atoms with Crippen LogP contribution in [0.5, 0.6) is 5.75 Å². The Morgan fingerprint density at radius 1 is 1.44 bits per heavy atom. The number of aliphatic imine (C=N–C) groups is 2. The van der Waals surface area contributed by atoms with Gasteiger partial charge in [0.15, 0.2) is 11.9 Å². The molecule has 0 fully saturated rings. The predicted molar refractivity (Wildman–Crippen MR) is 108 cm³/mol. The molecule has 0 unspecified atom stereocenters. The highest BCUT2D eigenvalue weighted by molar-refractivity contribution is 7.98. The summed E-state index contributed by atoms with van der Waals surface area (Å²) >= 11 is 1.25. The van der Waals surface area contributed by atoms with E-state index in [1.165, 1.54) is 11.9 Å². The number of hydrogen-bond acceptors (Lipinski definition) is 6. The van der Waals surface area contributed by atoms with Crippen LogP contribution in [0.15, 0.2) is 26.5 Å². The number of guanidine groups is 1. The molecule has 0 saturated carbocycles. The van der Waals surface area contributed by atoms with E-state index in [9.17, 15) is 0 Å². The van der Waals surface area contributed by atoms with Crippen molar-refractivity contribution >= 4 is 36.1 Å². The van der Waals surface area contributed by atoms with Gasteiger partial charge in [0.25, 0.3) is 0 Å². The zero-order valence-electron chi connectivity index (χ0n) is 14.8. The van der Waals surface area contributed by atoms with Crippen molar-refractivity contribution in [2.75, 3.05) is 24.3 Å². The highest BCUT2D eigenvalue weighted by atomic mass is 32.2. The summed E-state index contributed by atoms with van der Waals surface area (Å²) in [5.74, 6) is 7.96. The third-order valence-electron chi connectivity index (χ3n) is 3.48. The van der Waals surface area contributed by atoms with E-state index in [2.05, 4.69) is 49.6 Å². The fourth-order valence-electron chi connectivity index (χ4n) is 2.20. The lowest BCUT2D eigenvalue weighted by molar-refractivity contribution is 0.390. The lowest BCUT2D eigenvalue weighted by atomic mass is 10.1. The normalized spacial score (nSPS) is 13.9. The number of nitrogens with one attached hydrogen (secondary N) is 2. The second-order valence-electron chi connectivity index (χ2n) is 5.41. The second kappa shape index (κ2) is 9.74. The Morgan fingerprint density at radius 2 is 2.28 bits per heavy atom. The Morgan fingerprint density at radius 3 is 2.96 bits per heavy atom. The maximum atomic E-state index is 5.81. The summed E-state index contributed by atoms with van der Waals surface area (Å²) in [6.07, 6.45) is 1.07. The summed E-state index contributed by atoms with van der Waals surface area (Å²) < 4.78 is 9.97. The number of aryl methyl sites for hydroxylation is 2. The molecule has 0 amide bonds. The van der Waals surface area contributed by atoms with Crippen LogP contribution in [0.3, 0.4) is 0 Å². The molecule has 6 nitrogen and oxygen atoms in total. The number of ether oxygens (including phenoxy) is 1. The van der Waals surface area contributed by atoms with E-state index in [1.807, 2.05) is 19.9 Å². The van der Waals surface area contributed by atoms with Gasteiger partial charge in [-0.3, -0.25) is 4.99 Å². The van der Waals surface area contributed by atoms with E-state index in [0.29, 0.717) is 11.8 Å². The van der Waals surface area contributed by atoms with Gasteiger partial charge < -0.3 is 15.4 Å². The molecule has 7 heteroatoms. The number of anilines is 1. The first-order valence-corrected chi connectivity index (χ1v) is 8.97. The fourth-order valence-corrected chi connectivity index (χ4v) is 2.66. The molecule has 0 bridgehead atoms. The Bertz CT molecular complexity index is 746. The summed E-state index contributed by atoms with van der Waals surface area (Å²) in [6, 6.07) is 4.08. The monoisotopic (exact) mass is 357 g/mol. The largest absolute Gasteiger partial charge is 0.481 e. The van der Waals surface area contributed by atoms with Gasteiger partial charge in [0.05, 0.1) is 0 Å². The molecule has 1 aliphatic heterocycles. The molecular formula is C18H23N5OS. The lowest BCUT2D eigenvalue weighted by Crippen LogP contribution is -2.35. The van der Waals surface area contributed by atoms with Crippen molar-refractivity contribution in [3.63, 3.8) is 0 Å². The minimum absolute atomic E-state index is 0.381. The first-order chi connectivity index (χ1) is 12.1. The van der Waals surface area contributed by atoms with Gasteiger partial charge in [-0.25, -0.2) is 4.99 Å². The van der Waals surface area contributed by atoms with E-state index >= 15 is 0 Å². The average molecular weight is 357 g/mol. The lowest BCUT2D eigenvalue weighted by Gasteiger charge is -2.18. The Balaban J connectivity index is 1.97. The zero-order chi connectivity index (χ0) is 18.1. The van der Waals surface area contributed by atoms with Crippen LogP contribution in [0.25, 0.3) is 0 Å². The maximum absolute atomic E-state index is 5.81. The van der Waals surface area contributed by atoms with Gasteiger partial charge in [-0.1, -0.05) is 5.92 Å². The predicted octanol–water partition coefficient (Wildman–Crippen LogP) is 3.17. The number of rotatable bonds is 5. The smallest absolute Gasteiger partial charge is 0.211 e. The summed E-state index contributed by atoms with van der Waals surface area (Å²) in [7, 11) is 0. The Hall–Kier alpha value is -2.46. The first-order valence-electron chi connectivity index (χ1n) is 8.03. The van der Waals surface area contributed by atoms with Crippen LogP contribution in [-0.2, 0) is 0 Å². The quantitative estimate of drug-likeness (QED) is 0.212. The number of hydrogen-bond donors (Lipinski definition) is 2. The standard InChI is InChI=1S/C18H23N5OS/c1-5-7-17(19-4)23-25-12-24-16-11-13(2)15(10-14(16)3)22-18-20-8-6-9-21-18/h10-11H,4,6,8-9,12H2,1-3H3,(H2,20,21,22)/b23-17-. The van der Waals surface area contributed by atoms with Crippen molar-refractivity contribution < 1.29 is 4.74 Å². The van der Waals surface area contributed by atoms with E-state index in [4.69, 9.17) is 4.74 Å². The molecular weight excluding hydrogens is 334 g/mol. The highest BCUT2D eigenvalue weighted by Gasteiger charge is 2.09. The summed E-state index contributed by atoms with van der Waals surface area (Å²) in [4.78, 5) is 8.18. The maximum Gasteiger partial charge on any atom is 0.211 e. The molecule has 0 saturated heterocycles. The van der Waals surface area contributed by atoms with E-state index in [1.54, 1.807) is 6.92 Å². The van der Waals surface area contributed by atoms with Crippen LogP contribution < -0.4 is 15.4 Å². The van der Waals surface area contributed by atoms with Gasteiger partial charge in [0, 0.05) is 30.7 Å². The molecule has 1 heterocycles. The van der Waals surface area contributed by atoms with Crippen LogP contribution in [0.1, 0.15) is 24.5 Å². The first kappa shape index (κ1) is 18.9. The van der Waals surface area contributed by atoms with Gasteiger partial charge in [-0.15, -0.1) is 0 Å². The minimum atomic E-state index is 0.381. The van der Waals surface area contributed by atoms with Crippen LogP contribution >= 0.6 is 11.9 Å². The zero-order valence-corrected chi connectivity index (χ0v) is 15.7. The number of nitrogens with zero attached hydrogens (tertiary/aromatic N) is 3. The third-order valence-corrected chi connectivity index (χ3v) is 4.00. The van der Waals surface area contributed by atoms with Crippen molar-refractivity contribution in [3.8, 4) is 17.6 Å². The summed E-state index contributed by atoms with van der Waals surface area (Å²) in [6.45, 7) is 11.0. The molecule has 0 spiro atoms. The summed E-state index contributed by atoms with van der Waals surface area (Å²) in [5, 5.41) is 6.60. The molecule has 0 atom stereocenters. The molecule has 0 aromatic heterocycles. The van der Waals surface area contributed by atoms with E-state index < -0.39 is 0 Å². The average Bonchev–Trinajstić information content (AvgIpc) is 2.62. The molecule has 25 heavy (non-hydrogen) atoms. The molecule has 0 radical (unpaired) electrons. The molecule has 2 rings (SSSR count). The van der Waals surface area contributed by atoms with Crippen molar-refractivity contribution in [1.82, 2.24) is 5.32 Å². The molecule has 1 aliphatic rings. The van der Waals surface area contributed by atoms with Crippen LogP contribution in [0.2, 0.25) is 0 Å². The van der Waals surface area contributed by atoms with Gasteiger partial charge >= 0.3 is 0 Å². The van der Waals surface area contributed by atoms with Crippen molar-refractivity contribution in [3.05, 3.63) is 23.3 Å². The van der Waals surface area contributed by atoms with Gasteiger partial charge in [-0.2, -0.15) is 4.40 Å². The molecule has 1 aromatic rings. The Kier molecular flexibility index (Phi) is 7.36. The molecule has 0 aliphatic carbocycles. The summed E-state index contributed by atoms with van der Waals surface area (Å²) in [5.41, 5.74) is 3.17. The number of benzene rings is 1. The SMILES string of the molecule is C=N/C(C#CC)=N\SCOc1cc(C)c(NC2=NCCCN2)cc1C. The molecule has 132 valence electrons. The van der Waals surface area contributed by atoms with Crippen molar-refractivity contribution in [1.29, 1.82) is 0 Å². The second-order valence-corrected chi connectivity index (χ2v) is 6.08. The van der Waals surface area contributed by atoms with Crippen molar-refractivity contribution in [2.45, 2.75) is 27.2 Å². The van der Waals surface area contributed by atoms with Gasteiger partial charge in [-0.05, 0) is 63.1 Å². The van der Waals surface area contributed by atoms with Crippen LogP contribution in [0.4, 0.5) is 5.69 Å². The number of amidine groups is 1. The molecule has 1 aromatic carbocycles. The molecule has 2 N–H and O–H groups in total. The van der Waals surface area contributed by atoms with Crippen molar-refractivity contribution in [2.24, 2.45) is 14.4 Å². The topological polar surface area (TPSA) is 70.4 Å². The van der Waals surface area contributed by atoms with Crippen LogP contribution in [-0.4, -0.2) is 37.5 Å². The van der Waals surface area contributed by atoms with Gasteiger partial charge in [0.2, 0.25) is 5.84 Å². The van der Waals surface area contributed by atoms with E-state index in [0.717, 1.165) is 48.0 Å².